The van der Waals surface area contributed by atoms with E-state index in [4.69, 9.17) is 14.2 Å². The Morgan fingerprint density at radius 2 is 2.20 bits per heavy atom. The van der Waals surface area contributed by atoms with Gasteiger partial charge in [-0.15, -0.1) is 0 Å². The molecule has 1 aromatic heterocycles. The number of rotatable bonds is 4. The van der Waals surface area contributed by atoms with Gasteiger partial charge in [0, 0.05) is 18.8 Å². The van der Waals surface area contributed by atoms with E-state index < -0.39 is 11.8 Å². The summed E-state index contributed by atoms with van der Waals surface area (Å²) in [6.45, 7) is 6.87. The van der Waals surface area contributed by atoms with Crippen molar-refractivity contribution in [1.29, 1.82) is 0 Å². The van der Waals surface area contributed by atoms with E-state index in [0.717, 1.165) is 6.42 Å². The topological polar surface area (TPSA) is 57.7 Å². The highest BCUT2D eigenvalue weighted by atomic mass is 16.7. The van der Waals surface area contributed by atoms with Crippen LogP contribution in [0.2, 0.25) is 0 Å². The molecule has 1 aliphatic rings. The summed E-state index contributed by atoms with van der Waals surface area (Å²) in [7, 11) is 0. The van der Waals surface area contributed by atoms with E-state index in [9.17, 15) is 4.79 Å². The smallest absolute Gasteiger partial charge is 0.340 e. The Kier molecular flexibility index (Phi) is 4.73. The molecule has 0 atom stereocenters. The van der Waals surface area contributed by atoms with Crippen molar-refractivity contribution in [1.82, 2.24) is 4.98 Å². The van der Waals surface area contributed by atoms with Crippen LogP contribution < -0.4 is 0 Å². The average molecular weight is 279 g/mol. The van der Waals surface area contributed by atoms with Gasteiger partial charge in [0.2, 0.25) is 0 Å². The van der Waals surface area contributed by atoms with E-state index in [-0.39, 0.29) is 6.10 Å². The van der Waals surface area contributed by atoms with Gasteiger partial charge >= 0.3 is 5.97 Å². The minimum atomic E-state index is -0.578. The minimum Gasteiger partial charge on any atom is -0.454 e. The molecule has 5 heteroatoms. The molecule has 0 spiro atoms. The summed E-state index contributed by atoms with van der Waals surface area (Å²) >= 11 is 0. The molecule has 1 aromatic rings. The molecule has 0 unspecified atom stereocenters. The van der Waals surface area contributed by atoms with Crippen molar-refractivity contribution in [3.63, 3.8) is 0 Å². The van der Waals surface area contributed by atoms with E-state index in [0.29, 0.717) is 24.7 Å². The Labute approximate surface area is 119 Å². The quantitative estimate of drug-likeness (QED) is 0.792. The first-order valence-corrected chi connectivity index (χ1v) is 6.87. The summed E-state index contributed by atoms with van der Waals surface area (Å²) in [5, 5.41) is 0. The molecule has 2 rings (SSSR count). The zero-order valence-corrected chi connectivity index (χ0v) is 12.2. The van der Waals surface area contributed by atoms with Gasteiger partial charge < -0.3 is 14.2 Å². The molecule has 0 saturated carbocycles. The average Bonchev–Trinajstić information content (AvgIpc) is 2.41. The maximum absolute atomic E-state index is 11.9. The largest absolute Gasteiger partial charge is 0.454 e. The molecule has 110 valence electrons. The van der Waals surface area contributed by atoms with Crippen molar-refractivity contribution in [3.05, 3.63) is 30.1 Å². The van der Waals surface area contributed by atoms with E-state index in [1.54, 1.807) is 18.3 Å². The van der Waals surface area contributed by atoms with Crippen LogP contribution >= 0.6 is 0 Å². The molecule has 1 aliphatic heterocycles. The van der Waals surface area contributed by atoms with Gasteiger partial charge in [-0.05, 0) is 25.0 Å². The number of ether oxygens (including phenoxy) is 3. The van der Waals surface area contributed by atoms with Crippen molar-refractivity contribution in [3.8, 4) is 0 Å². The first-order valence-electron chi connectivity index (χ1n) is 6.87. The minimum absolute atomic E-state index is 0.356. The molecule has 0 N–H and O–H groups in total. The van der Waals surface area contributed by atoms with Crippen molar-refractivity contribution in [2.45, 2.75) is 39.1 Å². The second-order valence-corrected chi connectivity index (χ2v) is 5.62. The van der Waals surface area contributed by atoms with Crippen LogP contribution in [-0.4, -0.2) is 36.1 Å². The van der Waals surface area contributed by atoms with Gasteiger partial charge in [-0.25, -0.2) is 4.79 Å². The highest BCUT2D eigenvalue weighted by Crippen LogP contribution is 2.27. The van der Waals surface area contributed by atoms with Crippen molar-refractivity contribution >= 4 is 5.97 Å². The fraction of sp³-hybridized carbons (Fsp3) is 0.600. The lowest BCUT2D eigenvalue weighted by Gasteiger charge is -2.38. The third kappa shape index (κ3) is 4.02. The predicted molar refractivity (Wildman–Crippen MR) is 73.2 cm³/mol. The zero-order chi connectivity index (χ0) is 14.6. The van der Waals surface area contributed by atoms with Crippen LogP contribution in [0.4, 0.5) is 0 Å². The summed E-state index contributed by atoms with van der Waals surface area (Å²) in [6, 6.07) is 3.37. The Bertz CT molecular complexity index is 438. The zero-order valence-electron chi connectivity index (χ0n) is 12.2. The molecule has 0 amide bonds. The molecule has 0 aliphatic carbocycles. The molecule has 5 nitrogen and oxygen atoms in total. The van der Waals surface area contributed by atoms with Crippen LogP contribution in [0, 0.1) is 5.92 Å². The first kappa shape index (κ1) is 14.9. The molecule has 2 heterocycles. The molecule has 1 saturated heterocycles. The molecule has 1 fully saturated rings. The summed E-state index contributed by atoms with van der Waals surface area (Å²) in [5.41, 5.74) is 0.433. The molecular formula is C15H21NO4. The van der Waals surface area contributed by atoms with Gasteiger partial charge in [0.05, 0.1) is 18.8 Å². The number of carbonyl (C=O) groups is 1. The van der Waals surface area contributed by atoms with Gasteiger partial charge in [0.15, 0.2) is 5.79 Å². The highest BCUT2D eigenvalue weighted by Gasteiger charge is 2.35. The van der Waals surface area contributed by atoms with Crippen molar-refractivity contribution < 1.29 is 19.0 Å². The lowest BCUT2D eigenvalue weighted by atomic mass is 10.0. The van der Waals surface area contributed by atoms with Gasteiger partial charge in [-0.2, -0.15) is 0 Å². The number of hydrogen-bond donors (Lipinski definition) is 0. The highest BCUT2D eigenvalue weighted by molar-refractivity contribution is 5.89. The molecule has 0 radical (unpaired) electrons. The number of carbonyl (C=O) groups excluding carboxylic acids is 1. The molecule has 0 bridgehead atoms. The Balaban J connectivity index is 1.84. The third-order valence-corrected chi connectivity index (χ3v) is 3.10. The molecule has 0 aromatic carbocycles. The summed E-state index contributed by atoms with van der Waals surface area (Å²) in [6.07, 6.45) is 3.54. The number of aromatic nitrogens is 1. The van der Waals surface area contributed by atoms with Crippen molar-refractivity contribution in [2.75, 3.05) is 13.2 Å². The van der Waals surface area contributed by atoms with Gasteiger partial charge in [-0.3, -0.25) is 4.98 Å². The van der Waals surface area contributed by atoms with Crippen LogP contribution in [0.1, 0.15) is 37.6 Å². The Morgan fingerprint density at radius 1 is 1.50 bits per heavy atom. The fourth-order valence-corrected chi connectivity index (χ4v) is 2.26. The lowest BCUT2D eigenvalue weighted by Crippen LogP contribution is -2.46. The fourth-order valence-electron chi connectivity index (χ4n) is 2.26. The standard InChI is InChI=1S/C15H21NO4/c1-11(2)7-15(3)18-9-13(10-19-15)20-14(17)12-5-4-6-16-8-12/h4-6,8,11,13H,7,9-10H2,1-3H3. The molecular weight excluding hydrogens is 258 g/mol. The van der Waals surface area contributed by atoms with Crippen LogP contribution in [0.25, 0.3) is 0 Å². The second-order valence-electron chi connectivity index (χ2n) is 5.62. The lowest BCUT2D eigenvalue weighted by molar-refractivity contribution is -0.288. The van der Waals surface area contributed by atoms with E-state index >= 15 is 0 Å². The number of nitrogens with zero attached hydrogens (tertiary/aromatic N) is 1. The summed E-state index contributed by atoms with van der Waals surface area (Å²) in [4.78, 5) is 15.8. The van der Waals surface area contributed by atoms with Gasteiger partial charge in [0.25, 0.3) is 0 Å². The number of pyridine rings is 1. The first-order chi connectivity index (χ1) is 9.48. The molecule has 20 heavy (non-hydrogen) atoms. The van der Waals surface area contributed by atoms with Crippen LogP contribution in [-0.2, 0) is 14.2 Å². The number of hydrogen-bond acceptors (Lipinski definition) is 5. The normalized spacial score (nSPS) is 26.5. The second kappa shape index (κ2) is 6.33. The van der Waals surface area contributed by atoms with Gasteiger partial charge in [-0.1, -0.05) is 13.8 Å². The summed E-state index contributed by atoms with van der Waals surface area (Å²) < 4.78 is 16.8. The van der Waals surface area contributed by atoms with Crippen LogP contribution in [0.5, 0.6) is 0 Å². The van der Waals surface area contributed by atoms with E-state index in [2.05, 4.69) is 18.8 Å². The van der Waals surface area contributed by atoms with E-state index in [1.165, 1.54) is 6.20 Å². The predicted octanol–water partition coefficient (Wildman–Crippen LogP) is 2.42. The van der Waals surface area contributed by atoms with Crippen LogP contribution in [0.3, 0.4) is 0 Å². The van der Waals surface area contributed by atoms with E-state index in [1.807, 2.05) is 6.92 Å². The van der Waals surface area contributed by atoms with Crippen molar-refractivity contribution in [2.24, 2.45) is 5.92 Å². The Hall–Kier alpha value is -1.46. The van der Waals surface area contributed by atoms with Gasteiger partial charge in [0.1, 0.15) is 6.10 Å². The maximum atomic E-state index is 11.9. The SMILES string of the molecule is CC(C)CC1(C)OCC(OC(=O)c2cccnc2)CO1. The summed E-state index contributed by atoms with van der Waals surface area (Å²) in [5.74, 6) is -0.497. The maximum Gasteiger partial charge on any atom is 0.340 e. The number of esters is 1. The third-order valence-electron chi connectivity index (χ3n) is 3.10. The Morgan fingerprint density at radius 3 is 2.75 bits per heavy atom. The monoisotopic (exact) mass is 279 g/mol. The van der Waals surface area contributed by atoms with Crippen LogP contribution in [0.15, 0.2) is 24.5 Å².